The number of nitrogens with two attached hydrogens (primary N) is 1. The highest BCUT2D eigenvalue weighted by Gasteiger charge is 2.17. The number of aliphatic hydroxyl groups excluding tert-OH is 1. The predicted molar refractivity (Wildman–Crippen MR) is 120 cm³/mol. The van der Waals surface area contributed by atoms with Crippen LogP contribution in [0.5, 0.6) is 11.5 Å². The van der Waals surface area contributed by atoms with Crippen LogP contribution in [0.15, 0.2) is 18.2 Å². The van der Waals surface area contributed by atoms with E-state index in [1.54, 1.807) is 7.11 Å². The normalized spacial score (nSPS) is 11.9. The highest BCUT2D eigenvalue weighted by atomic mass is 16.5. The molecule has 0 radical (unpaired) electrons. The van der Waals surface area contributed by atoms with Crippen molar-refractivity contribution in [2.75, 3.05) is 45.0 Å². The molecular formula is C22H35N5O3. The summed E-state index contributed by atoms with van der Waals surface area (Å²) >= 11 is 0. The van der Waals surface area contributed by atoms with Gasteiger partial charge < -0.3 is 30.9 Å². The second-order valence-electron chi connectivity index (χ2n) is 7.26. The van der Waals surface area contributed by atoms with Crippen LogP contribution in [0.2, 0.25) is 0 Å². The molecule has 2 rings (SSSR count). The molecule has 1 aromatic heterocycles. The van der Waals surface area contributed by atoms with E-state index in [0.717, 1.165) is 54.1 Å². The Labute approximate surface area is 179 Å². The number of anilines is 2. The van der Waals surface area contributed by atoms with E-state index in [0.29, 0.717) is 18.8 Å². The summed E-state index contributed by atoms with van der Waals surface area (Å²) in [6.45, 7) is 5.58. The Morgan fingerprint density at radius 3 is 2.73 bits per heavy atom. The Morgan fingerprint density at radius 1 is 1.27 bits per heavy atom. The summed E-state index contributed by atoms with van der Waals surface area (Å²) in [5, 5.41) is 16.1. The van der Waals surface area contributed by atoms with Crippen LogP contribution in [0, 0.1) is 6.92 Å². The van der Waals surface area contributed by atoms with E-state index in [9.17, 15) is 5.11 Å². The number of aryl methyl sites for hydroxylation is 1. The summed E-state index contributed by atoms with van der Waals surface area (Å²) in [7, 11) is 3.58. The zero-order chi connectivity index (χ0) is 21.9. The summed E-state index contributed by atoms with van der Waals surface area (Å²) < 4.78 is 11.4. The minimum atomic E-state index is -0.0854. The fourth-order valence-corrected chi connectivity index (χ4v) is 3.29. The number of benzene rings is 1. The number of hydrogen-bond donors (Lipinski definition) is 4. The van der Waals surface area contributed by atoms with Crippen molar-refractivity contribution < 1.29 is 14.6 Å². The number of hydrogen-bond acceptors (Lipinski definition) is 8. The first-order valence-corrected chi connectivity index (χ1v) is 10.5. The molecule has 1 unspecified atom stereocenters. The van der Waals surface area contributed by atoms with Crippen molar-refractivity contribution in [1.29, 1.82) is 0 Å². The SMILES string of the molecule is CCCC(CO)Nc1nc(N)nc(C)c1Cc1ccc(OCCCNC)cc1OC. The number of methoxy groups -OCH3 is 1. The molecule has 8 nitrogen and oxygen atoms in total. The first-order chi connectivity index (χ1) is 14.5. The molecule has 8 heteroatoms. The van der Waals surface area contributed by atoms with Crippen LogP contribution in [0.4, 0.5) is 11.8 Å². The quantitative estimate of drug-likeness (QED) is 0.368. The van der Waals surface area contributed by atoms with Gasteiger partial charge in [-0.05, 0) is 45.0 Å². The summed E-state index contributed by atoms with van der Waals surface area (Å²) in [5.74, 6) is 2.39. The van der Waals surface area contributed by atoms with Gasteiger partial charge in [0.2, 0.25) is 5.95 Å². The van der Waals surface area contributed by atoms with E-state index in [4.69, 9.17) is 15.2 Å². The third-order valence-corrected chi connectivity index (χ3v) is 4.90. The number of aromatic nitrogens is 2. The molecule has 166 valence electrons. The largest absolute Gasteiger partial charge is 0.496 e. The van der Waals surface area contributed by atoms with Crippen molar-refractivity contribution in [3.05, 3.63) is 35.0 Å². The van der Waals surface area contributed by atoms with Crippen LogP contribution < -0.4 is 25.8 Å². The van der Waals surface area contributed by atoms with Gasteiger partial charge >= 0.3 is 0 Å². The Balaban J connectivity index is 2.25. The second kappa shape index (κ2) is 12.2. The van der Waals surface area contributed by atoms with Crippen LogP contribution >= 0.6 is 0 Å². The Kier molecular flexibility index (Phi) is 9.63. The molecule has 0 aliphatic carbocycles. The number of nitrogens with one attached hydrogen (secondary N) is 2. The van der Waals surface area contributed by atoms with Crippen LogP contribution in [-0.2, 0) is 6.42 Å². The standard InChI is InChI=1S/C22H35N5O3/c1-5-7-17(14-28)26-21-19(15(2)25-22(23)27-21)12-16-8-9-18(13-20(16)29-4)30-11-6-10-24-3/h8-9,13,17,24,28H,5-7,10-12,14H2,1-4H3,(H3,23,25,26,27). The molecule has 1 atom stereocenters. The van der Waals surface area contributed by atoms with Crippen molar-refractivity contribution in [2.45, 2.75) is 45.6 Å². The maximum absolute atomic E-state index is 9.68. The van der Waals surface area contributed by atoms with Gasteiger partial charge in [0.1, 0.15) is 17.3 Å². The van der Waals surface area contributed by atoms with E-state index in [2.05, 4.69) is 27.5 Å². The third kappa shape index (κ3) is 6.74. The number of nitrogen functional groups attached to an aromatic ring is 1. The zero-order valence-electron chi connectivity index (χ0n) is 18.5. The van der Waals surface area contributed by atoms with E-state index < -0.39 is 0 Å². The maximum atomic E-state index is 9.68. The monoisotopic (exact) mass is 417 g/mol. The number of rotatable bonds is 13. The maximum Gasteiger partial charge on any atom is 0.222 e. The van der Waals surface area contributed by atoms with Crippen molar-refractivity contribution in [3.8, 4) is 11.5 Å². The Bertz CT molecular complexity index is 801. The lowest BCUT2D eigenvalue weighted by Crippen LogP contribution is -2.25. The summed E-state index contributed by atoms with van der Waals surface area (Å²) in [6.07, 6.45) is 3.29. The molecule has 2 aromatic rings. The lowest BCUT2D eigenvalue weighted by atomic mass is 10.0. The van der Waals surface area contributed by atoms with E-state index in [1.165, 1.54) is 0 Å². The van der Waals surface area contributed by atoms with Crippen LogP contribution in [0.1, 0.15) is 43.0 Å². The molecule has 1 heterocycles. The highest BCUT2D eigenvalue weighted by Crippen LogP contribution is 2.30. The Morgan fingerprint density at radius 2 is 2.07 bits per heavy atom. The average molecular weight is 418 g/mol. The summed E-state index contributed by atoms with van der Waals surface area (Å²) in [4.78, 5) is 8.74. The fourth-order valence-electron chi connectivity index (χ4n) is 3.29. The molecule has 0 aliphatic heterocycles. The lowest BCUT2D eigenvalue weighted by molar-refractivity contribution is 0.268. The molecule has 0 amide bonds. The van der Waals surface area contributed by atoms with Gasteiger partial charge in [-0.3, -0.25) is 0 Å². The third-order valence-electron chi connectivity index (χ3n) is 4.90. The van der Waals surface area contributed by atoms with Gasteiger partial charge in [-0.2, -0.15) is 4.98 Å². The van der Waals surface area contributed by atoms with Gasteiger partial charge in [0.15, 0.2) is 0 Å². The average Bonchev–Trinajstić information content (AvgIpc) is 2.73. The van der Waals surface area contributed by atoms with Gasteiger partial charge in [0.05, 0.1) is 26.4 Å². The molecule has 0 bridgehead atoms. The van der Waals surface area contributed by atoms with Gasteiger partial charge in [-0.15, -0.1) is 0 Å². The van der Waals surface area contributed by atoms with Crippen LogP contribution in [-0.4, -0.2) is 55.0 Å². The predicted octanol–water partition coefficient (Wildman–Crippen LogP) is 2.53. The first kappa shape index (κ1) is 23.7. The first-order valence-electron chi connectivity index (χ1n) is 10.5. The number of ether oxygens (including phenoxy) is 2. The van der Waals surface area contributed by atoms with Crippen LogP contribution in [0.25, 0.3) is 0 Å². The minimum Gasteiger partial charge on any atom is -0.496 e. The highest BCUT2D eigenvalue weighted by molar-refractivity contribution is 5.54. The van der Waals surface area contributed by atoms with Crippen molar-refractivity contribution in [1.82, 2.24) is 15.3 Å². The number of aliphatic hydroxyl groups is 1. The van der Waals surface area contributed by atoms with Crippen molar-refractivity contribution in [2.24, 2.45) is 0 Å². The smallest absolute Gasteiger partial charge is 0.222 e. The molecule has 5 N–H and O–H groups in total. The van der Waals surface area contributed by atoms with E-state index in [1.807, 2.05) is 32.2 Å². The van der Waals surface area contributed by atoms with Gasteiger partial charge in [0, 0.05) is 23.7 Å². The van der Waals surface area contributed by atoms with Crippen molar-refractivity contribution in [3.63, 3.8) is 0 Å². The van der Waals surface area contributed by atoms with Crippen molar-refractivity contribution >= 4 is 11.8 Å². The summed E-state index contributed by atoms with van der Waals surface area (Å²) in [5.41, 5.74) is 8.61. The Hall–Kier alpha value is -2.58. The van der Waals surface area contributed by atoms with Gasteiger partial charge in [-0.1, -0.05) is 19.4 Å². The van der Waals surface area contributed by atoms with Gasteiger partial charge in [0.25, 0.3) is 0 Å². The fraction of sp³-hybridized carbons (Fsp3) is 0.545. The molecule has 0 saturated heterocycles. The molecule has 0 saturated carbocycles. The van der Waals surface area contributed by atoms with E-state index >= 15 is 0 Å². The second-order valence-corrected chi connectivity index (χ2v) is 7.26. The lowest BCUT2D eigenvalue weighted by Gasteiger charge is -2.20. The van der Waals surface area contributed by atoms with Crippen LogP contribution in [0.3, 0.4) is 0 Å². The molecule has 0 spiro atoms. The summed E-state index contributed by atoms with van der Waals surface area (Å²) in [6, 6.07) is 5.77. The van der Waals surface area contributed by atoms with E-state index in [-0.39, 0.29) is 18.6 Å². The van der Waals surface area contributed by atoms with Gasteiger partial charge in [-0.25, -0.2) is 4.98 Å². The molecule has 0 fully saturated rings. The molecule has 1 aromatic carbocycles. The zero-order valence-corrected chi connectivity index (χ0v) is 18.5. The molecule has 30 heavy (non-hydrogen) atoms. The topological polar surface area (TPSA) is 115 Å². The number of nitrogens with zero attached hydrogens (tertiary/aromatic N) is 2. The molecule has 0 aliphatic rings. The minimum absolute atomic E-state index is 0.0269. The molecular weight excluding hydrogens is 382 g/mol.